The van der Waals surface area contributed by atoms with Crippen LogP contribution in [0.15, 0.2) is 211 Å². The van der Waals surface area contributed by atoms with Gasteiger partial charge in [-0.05, 0) is 135 Å². The molecule has 0 bridgehead atoms. The molecule has 12 rings (SSSR count). The van der Waals surface area contributed by atoms with Crippen molar-refractivity contribution in [3.8, 4) is 55.6 Å². The largest absolute Gasteiger partial charge is 0.295 e. The molecule has 0 fully saturated rings. The SMILES string of the molecule is C=C1/C=C\C=C/C/N=C(/c2cccc(-c3c4ccccc4c(-c4ccc5c6c(cccc46)-c4ccccc4-5)c4cc5c(cc34)-c3ccccc3C5(C)C)c2)N1c1ccccc1. The third-order valence-electron chi connectivity index (χ3n) is 13.3. The van der Waals surface area contributed by atoms with E-state index in [4.69, 9.17) is 4.99 Å². The Balaban J connectivity index is 1.17. The molecule has 3 aliphatic rings. The van der Waals surface area contributed by atoms with Gasteiger partial charge in [-0.25, -0.2) is 0 Å². The molecule has 0 amide bonds. The van der Waals surface area contributed by atoms with Gasteiger partial charge in [0, 0.05) is 22.4 Å². The Hall–Kier alpha value is -7.55. The molecule has 0 spiro atoms. The van der Waals surface area contributed by atoms with Gasteiger partial charge in [0.1, 0.15) is 5.84 Å². The molecule has 0 N–H and O–H groups in total. The zero-order valence-electron chi connectivity index (χ0n) is 34.3. The minimum Gasteiger partial charge on any atom is -0.295 e. The summed E-state index contributed by atoms with van der Waals surface area (Å²) in [5, 5.41) is 7.62. The van der Waals surface area contributed by atoms with Crippen LogP contribution in [-0.2, 0) is 5.41 Å². The van der Waals surface area contributed by atoms with Crippen LogP contribution >= 0.6 is 0 Å². The highest BCUT2D eigenvalue weighted by Gasteiger charge is 2.36. The normalized spacial score (nSPS) is 16.7. The van der Waals surface area contributed by atoms with Crippen LogP contribution < -0.4 is 4.90 Å². The summed E-state index contributed by atoms with van der Waals surface area (Å²) in [6.07, 6.45) is 8.26. The maximum atomic E-state index is 5.24. The number of fused-ring (bicyclic) bond motifs is 8. The van der Waals surface area contributed by atoms with Gasteiger partial charge in [-0.3, -0.25) is 9.89 Å². The molecular weight excluding hydrogens is 737 g/mol. The first-order chi connectivity index (χ1) is 30.0. The fraction of sp³-hybridized carbons (Fsp3) is 0.0678. The Bertz CT molecular complexity index is 3400. The summed E-state index contributed by atoms with van der Waals surface area (Å²) in [4.78, 5) is 7.42. The number of hydrogen-bond acceptors (Lipinski definition) is 2. The number of rotatable bonds is 4. The number of hydrogen-bond donors (Lipinski definition) is 0. The summed E-state index contributed by atoms with van der Waals surface area (Å²) in [5.41, 5.74) is 18.3. The van der Waals surface area contributed by atoms with E-state index in [9.17, 15) is 0 Å². The Morgan fingerprint density at radius 1 is 0.475 bits per heavy atom. The van der Waals surface area contributed by atoms with Gasteiger partial charge < -0.3 is 0 Å². The van der Waals surface area contributed by atoms with Gasteiger partial charge in [0.2, 0.25) is 0 Å². The maximum Gasteiger partial charge on any atom is 0.140 e. The first-order valence-electron chi connectivity index (χ1n) is 21.3. The quantitative estimate of drug-likeness (QED) is 0.163. The number of aliphatic imine (C=N–C) groups is 1. The van der Waals surface area contributed by atoms with Gasteiger partial charge in [0.25, 0.3) is 0 Å². The highest BCUT2D eigenvalue weighted by molar-refractivity contribution is 6.27. The smallest absolute Gasteiger partial charge is 0.140 e. The van der Waals surface area contributed by atoms with Crippen LogP contribution in [0.3, 0.4) is 0 Å². The van der Waals surface area contributed by atoms with Crippen molar-refractivity contribution in [2.24, 2.45) is 4.99 Å². The molecule has 61 heavy (non-hydrogen) atoms. The molecule has 1 heterocycles. The van der Waals surface area contributed by atoms with Crippen molar-refractivity contribution in [1.82, 2.24) is 0 Å². The molecular formula is C59H42N2. The second-order valence-electron chi connectivity index (χ2n) is 17.0. The van der Waals surface area contributed by atoms with Crippen molar-refractivity contribution in [1.29, 1.82) is 0 Å². The standard InChI is InChI=1S/C59H42N2/c1-37-18-6-5-15-33-60-58(61(37)40-21-7-4-8-22-40)39-20-16-19-38(34-39)55-45-26-11-12-27-46(45)57(52-36-54-50(35-51(52)55)43-25-13-14-30-53(43)59(54,2)3)49-32-31-48-42-24-10-9-23-41(42)44-28-17-29-47(49)56(44)48/h4-32,34-36H,1,33H2,2-3H3/b15-5-,18-6-,60-58-. The summed E-state index contributed by atoms with van der Waals surface area (Å²) in [6, 6.07) is 63.1. The number of anilines is 1. The van der Waals surface area contributed by atoms with Gasteiger partial charge in [-0.15, -0.1) is 0 Å². The molecule has 9 aromatic rings. The van der Waals surface area contributed by atoms with Gasteiger partial charge in [-0.1, -0.05) is 178 Å². The second kappa shape index (κ2) is 13.5. The van der Waals surface area contributed by atoms with E-state index in [1.165, 1.54) is 93.5 Å². The minimum atomic E-state index is -0.159. The molecule has 9 aromatic carbocycles. The lowest BCUT2D eigenvalue weighted by Crippen LogP contribution is -2.30. The number of benzene rings is 9. The molecule has 2 nitrogen and oxygen atoms in total. The summed E-state index contributed by atoms with van der Waals surface area (Å²) in [6.45, 7) is 9.86. The fourth-order valence-electron chi connectivity index (χ4n) is 10.6. The van der Waals surface area contributed by atoms with Crippen molar-refractivity contribution in [3.63, 3.8) is 0 Å². The fourth-order valence-corrected chi connectivity index (χ4v) is 10.6. The van der Waals surface area contributed by atoms with E-state index in [1.807, 2.05) is 6.08 Å². The van der Waals surface area contributed by atoms with Gasteiger partial charge >= 0.3 is 0 Å². The van der Waals surface area contributed by atoms with E-state index in [-0.39, 0.29) is 5.41 Å². The van der Waals surface area contributed by atoms with Gasteiger partial charge in [-0.2, -0.15) is 0 Å². The second-order valence-corrected chi connectivity index (χ2v) is 17.0. The lowest BCUT2D eigenvalue weighted by atomic mass is 9.79. The zero-order chi connectivity index (χ0) is 40.8. The molecule has 0 radical (unpaired) electrons. The summed E-state index contributed by atoms with van der Waals surface area (Å²) < 4.78 is 0. The van der Waals surface area contributed by atoms with Crippen molar-refractivity contribution in [3.05, 3.63) is 223 Å². The van der Waals surface area contributed by atoms with E-state index in [0.29, 0.717) is 6.54 Å². The summed E-state index contributed by atoms with van der Waals surface area (Å²) in [5.74, 6) is 0.866. The molecule has 0 unspecified atom stereocenters. The van der Waals surface area contributed by atoms with Crippen molar-refractivity contribution in [2.75, 3.05) is 11.4 Å². The van der Waals surface area contributed by atoms with Crippen LogP contribution in [0.2, 0.25) is 0 Å². The molecule has 0 saturated carbocycles. The van der Waals surface area contributed by atoms with E-state index in [0.717, 1.165) is 28.3 Å². The first-order valence-corrected chi connectivity index (χ1v) is 21.3. The van der Waals surface area contributed by atoms with E-state index in [1.54, 1.807) is 0 Å². The van der Waals surface area contributed by atoms with Crippen molar-refractivity contribution >= 4 is 43.8 Å². The average Bonchev–Trinajstić information content (AvgIpc) is 3.77. The molecule has 0 saturated heterocycles. The van der Waals surface area contributed by atoms with Crippen molar-refractivity contribution < 1.29 is 0 Å². The highest BCUT2D eigenvalue weighted by Crippen LogP contribution is 2.55. The molecule has 0 atom stereocenters. The van der Waals surface area contributed by atoms with E-state index >= 15 is 0 Å². The lowest BCUT2D eigenvalue weighted by Gasteiger charge is -2.27. The predicted molar refractivity (Wildman–Crippen MR) is 260 cm³/mol. The maximum absolute atomic E-state index is 5.24. The number of amidine groups is 1. The van der Waals surface area contributed by atoms with Crippen LogP contribution in [0, 0.1) is 0 Å². The third-order valence-corrected chi connectivity index (χ3v) is 13.3. The Morgan fingerprint density at radius 2 is 1.10 bits per heavy atom. The average molecular weight is 779 g/mol. The monoisotopic (exact) mass is 778 g/mol. The van der Waals surface area contributed by atoms with Crippen LogP contribution in [0.5, 0.6) is 0 Å². The first kappa shape index (κ1) is 35.4. The highest BCUT2D eigenvalue weighted by atomic mass is 15.2. The van der Waals surface area contributed by atoms with Crippen LogP contribution in [-0.4, -0.2) is 12.4 Å². The molecule has 0 aromatic heterocycles. The van der Waals surface area contributed by atoms with Crippen LogP contribution in [0.4, 0.5) is 5.69 Å². The van der Waals surface area contributed by atoms with E-state index < -0.39 is 0 Å². The Kier molecular flexibility index (Phi) is 7.83. The number of para-hydroxylation sites is 1. The molecule has 2 aliphatic carbocycles. The van der Waals surface area contributed by atoms with Crippen LogP contribution in [0.1, 0.15) is 30.5 Å². The summed E-state index contributed by atoms with van der Waals surface area (Å²) in [7, 11) is 0. The lowest BCUT2D eigenvalue weighted by molar-refractivity contribution is 0.661. The topological polar surface area (TPSA) is 15.6 Å². The van der Waals surface area contributed by atoms with Crippen molar-refractivity contribution in [2.45, 2.75) is 19.3 Å². The third kappa shape index (κ3) is 5.25. The molecule has 2 heteroatoms. The number of nitrogens with zero attached hydrogens (tertiary/aromatic N) is 2. The zero-order valence-corrected chi connectivity index (χ0v) is 34.3. The Labute approximate surface area is 356 Å². The summed E-state index contributed by atoms with van der Waals surface area (Å²) >= 11 is 0. The molecule has 1 aliphatic heterocycles. The van der Waals surface area contributed by atoms with Gasteiger partial charge in [0.15, 0.2) is 0 Å². The van der Waals surface area contributed by atoms with Gasteiger partial charge in [0.05, 0.1) is 6.54 Å². The molecule has 288 valence electrons. The van der Waals surface area contributed by atoms with Crippen LogP contribution in [0.25, 0.3) is 88.0 Å². The minimum absolute atomic E-state index is 0.159. The Morgan fingerprint density at radius 3 is 1.92 bits per heavy atom. The number of allylic oxidation sites excluding steroid dienone is 3. The van der Waals surface area contributed by atoms with E-state index in [2.05, 4.69) is 213 Å². The predicted octanol–water partition coefficient (Wildman–Crippen LogP) is 15.3.